The summed E-state index contributed by atoms with van der Waals surface area (Å²) < 4.78 is 2.27. The Balaban J connectivity index is 1.42. The number of amides is 2. The maximum Gasteiger partial charge on any atom is 0.319 e. The standard InChI is InChI=1S/C30H41N3O/c1-21(2)23-13-10-14-24(22(3)4)28(23)32-29(34)31-19-11-18-30(16-8-9-17-30)26-20-33(5)27-15-7-6-12-25(26)27/h6-7,10,12-15,20-22H,8-9,11,16-19H2,1-5H3,(H2,31,32,34). The molecular formula is C30H41N3O. The minimum Gasteiger partial charge on any atom is -0.350 e. The molecule has 34 heavy (non-hydrogen) atoms. The number of nitrogens with zero attached hydrogens (tertiary/aromatic N) is 1. The minimum atomic E-state index is -0.0966. The summed E-state index contributed by atoms with van der Waals surface area (Å²) in [5.41, 5.74) is 6.41. The van der Waals surface area contributed by atoms with Crippen LogP contribution >= 0.6 is 0 Å². The summed E-state index contributed by atoms with van der Waals surface area (Å²) >= 11 is 0. The van der Waals surface area contributed by atoms with Crippen LogP contribution in [0.2, 0.25) is 0 Å². The molecule has 4 nitrogen and oxygen atoms in total. The van der Waals surface area contributed by atoms with Gasteiger partial charge in [0.25, 0.3) is 0 Å². The SMILES string of the molecule is CC(C)c1cccc(C(C)C)c1NC(=O)NCCCC1(c2cn(C)c3ccccc23)CCCC1. The topological polar surface area (TPSA) is 46.1 Å². The predicted molar refractivity (Wildman–Crippen MR) is 144 cm³/mol. The molecule has 4 heteroatoms. The highest BCUT2D eigenvalue weighted by molar-refractivity contribution is 5.91. The van der Waals surface area contributed by atoms with Crippen molar-refractivity contribution < 1.29 is 4.79 Å². The van der Waals surface area contributed by atoms with E-state index in [1.807, 2.05) is 0 Å². The number of urea groups is 1. The van der Waals surface area contributed by atoms with Gasteiger partial charge >= 0.3 is 6.03 Å². The molecule has 2 amide bonds. The Morgan fingerprint density at radius 1 is 0.971 bits per heavy atom. The fourth-order valence-corrected chi connectivity index (χ4v) is 5.95. The highest BCUT2D eigenvalue weighted by Gasteiger charge is 2.37. The van der Waals surface area contributed by atoms with Gasteiger partial charge in [-0.05, 0) is 65.7 Å². The zero-order valence-electron chi connectivity index (χ0n) is 21.6. The van der Waals surface area contributed by atoms with Crippen molar-refractivity contribution in [3.8, 4) is 0 Å². The van der Waals surface area contributed by atoms with E-state index in [0.29, 0.717) is 18.4 Å². The number of carbonyl (C=O) groups excluding carboxylic acids is 1. The van der Waals surface area contributed by atoms with E-state index in [9.17, 15) is 4.79 Å². The normalized spacial score (nSPS) is 15.4. The van der Waals surface area contributed by atoms with Gasteiger partial charge in [0.1, 0.15) is 0 Å². The molecule has 2 aromatic carbocycles. The molecular weight excluding hydrogens is 418 g/mol. The van der Waals surface area contributed by atoms with Crippen molar-refractivity contribution in [1.82, 2.24) is 9.88 Å². The lowest BCUT2D eigenvalue weighted by molar-refractivity contribution is 0.251. The summed E-state index contributed by atoms with van der Waals surface area (Å²) in [6, 6.07) is 15.0. The minimum absolute atomic E-state index is 0.0966. The molecule has 0 unspecified atom stereocenters. The van der Waals surface area contributed by atoms with Gasteiger partial charge in [0.2, 0.25) is 0 Å². The van der Waals surface area contributed by atoms with Gasteiger partial charge < -0.3 is 15.2 Å². The van der Waals surface area contributed by atoms with E-state index in [1.54, 1.807) is 0 Å². The van der Waals surface area contributed by atoms with Gasteiger partial charge in [0, 0.05) is 36.4 Å². The Labute approximate surface area is 205 Å². The van der Waals surface area contributed by atoms with E-state index in [1.165, 1.54) is 53.3 Å². The molecule has 1 aliphatic carbocycles. The second-order valence-corrected chi connectivity index (χ2v) is 10.8. The lowest BCUT2D eigenvalue weighted by Gasteiger charge is -2.29. The number of hydrogen-bond acceptors (Lipinski definition) is 1. The molecule has 0 atom stereocenters. The molecule has 0 radical (unpaired) electrons. The van der Waals surface area contributed by atoms with Crippen LogP contribution in [0.25, 0.3) is 10.9 Å². The fourth-order valence-electron chi connectivity index (χ4n) is 5.95. The van der Waals surface area contributed by atoms with Crippen LogP contribution in [-0.4, -0.2) is 17.1 Å². The molecule has 1 heterocycles. The van der Waals surface area contributed by atoms with Crippen LogP contribution in [0.3, 0.4) is 0 Å². The summed E-state index contributed by atoms with van der Waals surface area (Å²) in [6.45, 7) is 9.40. The predicted octanol–water partition coefficient (Wildman–Crippen LogP) is 7.84. The molecule has 0 aliphatic heterocycles. The van der Waals surface area contributed by atoms with Crippen molar-refractivity contribution in [3.05, 3.63) is 65.4 Å². The smallest absolute Gasteiger partial charge is 0.319 e. The summed E-state index contributed by atoms with van der Waals surface area (Å²) in [6.07, 6.45) is 9.52. The van der Waals surface area contributed by atoms with Crippen molar-refractivity contribution in [2.75, 3.05) is 11.9 Å². The van der Waals surface area contributed by atoms with Gasteiger partial charge in [-0.3, -0.25) is 0 Å². The first kappa shape index (κ1) is 24.4. The van der Waals surface area contributed by atoms with Gasteiger partial charge in [-0.1, -0.05) is 76.9 Å². The van der Waals surface area contributed by atoms with Crippen molar-refractivity contribution in [2.24, 2.45) is 7.05 Å². The summed E-state index contributed by atoms with van der Waals surface area (Å²) in [7, 11) is 2.15. The first-order chi connectivity index (χ1) is 16.3. The first-order valence-corrected chi connectivity index (χ1v) is 13.0. The Morgan fingerprint density at radius 2 is 1.62 bits per heavy atom. The molecule has 182 valence electrons. The third kappa shape index (κ3) is 4.87. The monoisotopic (exact) mass is 459 g/mol. The zero-order valence-corrected chi connectivity index (χ0v) is 21.6. The molecule has 4 rings (SSSR count). The number of rotatable bonds is 8. The Kier molecular flexibility index (Phi) is 7.35. The van der Waals surface area contributed by atoms with Gasteiger partial charge in [-0.25, -0.2) is 4.79 Å². The quantitative estimate of drug-likeness (QED) is 0.331. The van der Waals surface area contributed by atoms with Gasteiger partial charge in [-0.2, -0.15) is 0 Å². The maximum absolute atomic E-state index is 12.9. The Morgan fingerprint density at radius 3 is 2.26 bits per heavy atom. The average Bonchev–Trinajstić information content (AvgIpc) is 3.42. The van der Waals surface area contributed by atoms with E-state index in [2.05, 4.69) is 98.6 Å². The second kappa shape index (κ2) is 10.2. The molecule has 0 saturated heterocycles. The Hall–Kier alpha value is -2.75. The van der Waals surface area contributed by atoms with Crippen LogP contribution < -0.4 is 10.6 Å². The van der Waals surface area contributed by atoms with Crippen molar-refractivity contribution in [2.45, 2.75) is 83.5 Å². The lowest BCUT2D eigenvalue weighted by Crippen LogP contribution is -2.32. The van der Waals surface area contributed by atoms with Crippen LogP contribution in [0.1, 0.15) is 94.7 Å². The van der Waals surface area contributed by atoms with E-state index >= 15 is 0 Å². The van der Waals surface area contributed by atoms with Gasteiger partial charge in [-0.15, -0.1) is 0 Å². The van der Waals surface area contributed by atoms with Crippen LogP contribution in [0.5, 0.6) is 0 Å². The largest absolute Gasteiger partial charge is 0.350 e. The first-order valence-electron chi connectivity index (χ1n) is 13.0. The zero-order chi connectivity index (χ0) is 24.3. The van der Waals surface area contributed by atoms with Crippen LogP contribution in [0, 0.1) is 0 Å². The maximum atomic E-state index is 12.9. The molecule has 1 fully saturated rings. The highest BCUT2D eigenvalue weighted by atomic mass is 16.2. The number of aryl methyl sites for hydroxylation is 1. The number of benzene rings is 2. The molecule has 1 aromatic heterocycles. The number of hydrogen-bond donors (Lipinski definition) is 2. The summed E-state index contributed by atoms with van der Waals surface area (Å²) in [4.78, 5) is 12.9. The van der Waals surface area contributed by atoms with Gasteiger partial charge in [0.15, 0.2) is 0 Å². The van der Waals surface area contributed by atoms with Gasteiger partial charge in [0.05, 0.1) is 0 Å². The van der Waals surface area contributed by atoms with E-state index in [-0.39, 0.29) is 11.4 Å². The van der Waals surface area contributed by atoms with Crippen molar-refractivity contribution in [3.63, 3.8) is 0 Å². The molecule has 2 N–H and O–H groups in total. The molecule has 0 spiro atoms. The van der Waals surface area contributed by atoms with Crippen molar-refractivity contribution in [1.29, 1.82) is 0 Å². The molecule has 0 bridgehead atoms. The fraction of sp³-hybridized carbons (Fsp3) is 0.500. The third-order valence-electron chi connectivity index (χ3n) is 7.76. The third-order valence-corrected chi connectivity index (χ3v) is 7.76. The summed E-state index contributed by atoms with van der Waals surface area (Å²) in [5, 5.41) is 7.72. The second-order valence-electron chi connectivity index (χ2n) is 10.8. The number of fused-ring (bicyclic) bond motifs is 1. The number of carbonyl (C=O) groups is 1. The van der Waals surface area contributed by atoms with Crippen LogP contribution in [0.4, 0.5) is 10.5 Å². The molecule has 3 aromatic rings. The Bertz CT molecular complexity index is 1110. The molecule has 1 aliphatic rings. The molecule has 1 saturated carbocycles. The number of aromatic nitrogens is 1. The number of anilines is 1. The number of para-hydroxylation sites is 2. The van der Waals surface area contributed by atoms with E-state index < -0.39 is 0 Å². The summed E-state index contributed by atoms with van der Waals surface area (Å²) in [5.74, 6) is 0.717. The number of nitrogens with one attached hydrogen (secondary N) is 2. The highest BCUT2D eigenvalue weighted by Crippen LogP contribution is 2.47. The van der Waals surface area contributed by atoms with Crippen molar-refractivity contribution >= 4 is 22.6 Å². The van der Waals surface area contributed by atoms with E-state index in [0.717, 1.165) is 18.5 Å². The average molecular weight is 460 g/mol. The van der Waals surface area contributed by atoms with E-state index in [4.69, 9.17) is 0 Å². The lowest BCUT2D eigenvalue weighted by atomic mass is 9.75. The van der Waals surface area contributed by atoms with Crippen LogP contribution in [0.15, 0.2) is 48.7 Å². The van der Waals surface area contributed by atoms with Crippen LogP contribution in [-0.2, 0) is 12.5 Å².